The second kappa shape index (κ2) is 5.04. The van der Waals surface area contributed by atoms with Crippen molar-refractivity contribution in [1.29, 1.82) is 0 Å². The van der Waals surface area contributed by atoms with Gasteiger partial charge in [0, 0.05) is 23.5 Å². The lowest BCUT2D eigenvalue weighted by Gasteiger charge is -2.44. The molecule has 5 rings (SSSR count). The minimum absolute atomic E-state index is 0.0248. The second-order valence-electron chi connectivity index (χ2n) is 6.01. The second-order valence-corrected chi connectivity index (χ2v) is 6.42. The van der Waals surface area contributed by atoms with Crippen LogP contribution in [0.3, 0.4) is 0 Å². The summed E-state index contributed by atoms with van der Waals surface area (Å²) in [6, 6.07) is 5.68. The zero-order valence-electron chi connectivity index (χ0n) is 11.6. The molecule has 1 N–H and O–H groups in total. The third-order valence-electron chi connectivity index (χ3n) is 4.76. The van der Waals surface area contributed by atoms with Crippen LogP contribution in [0.1, 0.15) is 23.2 Å². The van der Waals surface area contributed by atoms with E-state index >= 15 is 0 Å². The number of carbonyl (C=O) groups excluding carboxylic acids is 1. The molecule has 0 saturated carbocycles. The van der Waals surface area contributed by atoms with Gasteiger partial charge in [0.25, 0.3) is 5.91 Å². The first-order valence-electron chi connectivity index (χ1n) is 7.41. The molecule has 0 spiro atoms. The minimum Gasteiger partial charge on any atom is -0.463 e. The molecule has 110 valence electrons. The summed E-state index contributed by atoms with van der Waals surface area (Å²) in [6.07, 6.45) is 3.89. The maximum absolute atomic E-state index is 12.4. The Labute approximate surface area is 128 Å². The molecule has 1 unspecified atom stereocenters. The molecule has 3 aliphatic rings. The highest BCUT2D eigenvalue weighted by Gasteiger charge is 2.34. The lowest BCUT2D eigenvalue weighted by Crippen LogP contribution is -2.57. The van der Waals surface area contributed by atoms with Crippen LogP contribution < -0.4 is 5.32 Å². The molecule has 0 aliphatic carbocycles. The number of nitrogens with one attached hydrogen (secondary N) is 1. The predicted octanol–water partition coefficient (Wildman–Crippen LogP) is 2.91. The zero-order chi connectivity index (χ0) is 14.4. The van der Waals surface area contributed by atoms with Crippen LogP contribution in [0.4, 0.5) is 0 Å². The Bertz CT molecular complexity index is 689. The van der Waals surface area contributed by atoms with Crippen LogP contribution in [0.15, 0.2) is 28.9 Å². The van der Waals surface area contributed by atoms with Crippen LogP contribution >= 0.6 is 11.6 Å². The summed E-state index contributed by atoms with van der Waals surface area (Å²) in [5, 5.41) is 4.60. The maximum atomic E-state index is 12.4. The third kappa shape index (κ3) is 2.32. The Morgan fingerprint density at radius 2 is 2.14 bits per heavy atom. The Balaban J connectivity index is 1.53. The number of fused-ring (bicyclic) bond motifs is 4. The van der Waals surface area contributed by atoms with Crippen LogP contribution in [0, 0.1) is 5.92 Å². The molecule has 21 heavy (non-hydrogen) atoms. The molecule has 3 fully saturated rings. The van der Waals surface area contributed by atoms with E-state index in [1.807, 2.05) is 6.07 Å². The highest BCUT2D eigenvalue weighted by atomic mass is 35.5. The van der Waals surface area contributed by atoms with Crippen LogP contribution in [0.5, 0.6) is 0 Å². The molecule has 3 saturated heterocycles. The highest BCUT2D eigenvalue weighted by Crippen LogP contribution is 2.29. The molecule has 5 heteroatoms. The number of nitrogens with zero attached hydrogens (tertiary/aromatic N) is 1. The number of hydrogen-bond acceptors (Lipinski definition) is 3. The first-order valence-corrected chi connectivity index (χ1v) is 7.78. The van der Waals surface area contributed by atoms with Gasteiger partial charge in [-0.1, -0.05) is 11.6 Å². The molecule has 4 nitrogen and oxygen atoms in total. The quantitative estimate of drug-likeness (QED) is 0.928. The fraction of sp³-hybridized carbons (Fsp3) is 0.438. The monoisotopic (exact) mass is 304 g/mol. The van der Waals surface area contributed by atoms with Gasteiger partial charge in [0.2, 0.25) is 0 Å². The van der Waals surface area contributed by atoms with Gasteiger partial charge >= 0.3 is 0 Å². The lowest BCUT2D eigenvalue weighted by molar-refractivity contribution is 0.0620. The Hall–Kier alpha value is -1.52. The number of furan rings is 1. The highest BCUT2D eigenvalue weighted by molar-refractivity contribution is 6.35. The van der Waals surface area contributed by atoms with Gasteiger partial charge < -0.3 is 14.6 Å². The standard InChI is InChI=1S/C16H17ClN2O2/c17-13-9-21-15-7-11(1-2-12(13)15)16(20)18-14-8-19-5-3-10(14)4-6-19/h1-2,7,9-10,14H,3-6,8H2,(H,18,20). The van der Waals surface area contributed by atoms with Gasteiger partial charge in [-0.15, -0.1) is 0 Å². The summed E-state index contributed by atoms with van der Waals surface area (Å²) in [5.41, 5.74) is 1.28. The topological polar surface area (TPSA) is 45.5 Å². The van der Waals surface area contributed by atoms with E-state index in [9.17, 15) is 4.79 Å². The third-order valence-corrected chi connectivity index (χ3v) is 5.06. The van der Waals surface area contributed by atoms with E-state index in [0.717, 1.165) is 11.9 Å². The summed E-state index contributed by atoms with van der Waals surface area (Å²) < 4.78 is 5.36. The molecule has 3 aliphatic heterocycles. The van der Waals surface area contributed by atoms with Crippen molar-refractivity contribution in [3.63, 3.8) is 0 Å². The van der Waals surface area contributed by atoms with Gasteiger partial charge in [0.15, 0.2) is 0 Å². The van der Waals surface area contributed by atoms with Gasteiger partial charge in [-0.3, -0.25) is 4.79 Å². The first kappa shape index (κ1) is 13.2. The summed E-state index contributed by atoms with van der Waals surface area (Å²) in [4.78, 5) is 14.9. The van der Waals surface area contributed by atoms with E-state index in [1.165, 1.54) is 32.2 Å². The number of benzene rings is 1. The number of hydrogen-bond donors (Lipinski definition) is 1. The number of carbonyl (C=O) groups is 1. The average Bonchev–Trinajstić information content (AvgIpc) is 2.89. The van der Waals surface area contributed by atoms with Crippen LogP contribution in [-0.4, -0.2) is 36.5 Å². The molecule has 2 aromatic rings. The van der Waals surface area contributed by atoms with E-state index in [2.05, 4.69) is 10.2 Å². The van der Waals surface area contributed by atoms with E-state index in [1.54, 1.807) is 12.1 Å². The predicted molar refractivity (Wildman–Crippen MR) is 81.6 cm³/mol. The molecular formula is C16H17ClN2O2. The van der Waals surface area contributed by atoms with Crippen LogP contribution in [0.2, 0.25) is 5.02 Å². The van der Waals surface area contributed by atoms with E-state index in [4.69, 9.17) is 16.0 Å². The van der Waals surface area contributed by atoms with Crippen LogP contribution in [-0.2, 0) is 0 Å². The van der Waals surface area contributed by atoms with Gasteiger partial charge in [-0.25, -0.2) is 0 Å². The molecule has 4 heterocycles. The summed E-state index contributed by atoms with van der Waals surface area (Å²) >= 11 is 6.00. The molecule has 0 radical (unpaired) electrons. The van der Waals surface area contributed by atoms with Crippen LogP contribution in [0.25, 0.3) is 11.0 Å². The molecule has 1 aromatic heterocycles. The van der Waals surface area contributed by atoms with Crippen molar-refractivity contribution in [2.75, 3.05) is 19.6 Å². The van der Waals surface area contributed by atoms with Crippen molar-refractivity contribution in [2.24, 2.45) is 5.92 Å². The summed E-state index contributed by atoms with van der Waals surface area (Å²) in [7, 11) is 0. The Morgan fingerprint density at radius 1 is 1.33 bits per heavy atom. The van der Waals surface area contributed by atoms with E-state index in [-0.39, 0.29) is 11.9 Å². The molecular weight excluding hydrogens is 288 g/mol. The van der Waals surface area contributed by atoms with Crippen molar-refractivity contribution in [3.8, 4) is 0 Å². The van der Waals surface area contributed by atoms with Gasteiger partial charge in [0.05, 0.1) is 5.02 Å². The van der Waals surface area contributed by atoms with Crippen molar-refractivity contribution in [2.45, 2.75) is 18.9 Å². The fourth-order valence-corrected chi connectivity index (χ4v) is 3.72. The fourth-order valence-electron chi connectivity index (χ4n) is 3.52. The Morgan fingerprint density at radius 3 is 2.86 bits per heavy atom. The van der Waals surface area contributed by atoms with E-state index < -0.39 is 0 Å². The van der Waals surface area contributed by atoms with Gasteiger partial charge in [-0.2, -0.15) is 0 Å². The SMILES string of the molecule is O=C(NC1CN2CCC1CC2)c1ccc2c(Cl)coc2c1. The first-order chi connectivity index (χ1) is 10.2. The molecule has 1 amide bonds. The lowest BCUT2D eigenvalue weighted by atomic mass is 9.84. The summed E-state index contributed by atoms with van der Waals surface area (Å²) in [6.45, 7) is 3.33. The van der Waals surface area contributed by atoms with E-state index in [0.29, 0.717) is 22.1 Å². The average molecular weight is 305 g/mol. The molecule has 1 aromatic carbocycles. The van der Waals surface area contributed by atoms with Crippen molar-refractivity contribution < 1.29 is 9.21 Å². The maximum Gasteiger partial charge on any atom is 0.251 e. The Kier molecular flexibility index (Phi) is 3.16. The van der Waals surface area contributed by atoms with Crippen molar-refractivity contribution in [1.82, 2.24) is 10.2 Å². The number of halogens is 1. The van der Waals surface area contributed by atoms with Crippen molar-refractivity contribution >= 4 is 28.5 Å². The van der Waals surface area contributed by atoms with Crippen molar-refractivity contribution in [3.05, 3.63) is 35.0 Å². The summed E-state index contributed by atoms with van der Waals surface area (Å²) in [5.74, 6) is 0.601. The number of rotatable bonds is 2. The smallest absolute Gasteiger partial charge is 0.251 e. The molecule has 1 atom stereocenters. The largest absolute Gasteiger partial charge is 0.463 e. The minimum atomic E-state index is -0.0248. The zero-order valence-corrected chi connectivity index (χ0v) is 12.4. The normalized spacial score (nSPS) is 28.0. The number of amides is 1. The number of piperidine rings is 3. The van der Waals surface area contributed by atoms with Gasteiger partial charge in [0.1, 0.15) is 11.8 Å². The van der Waals surface area contributed by atoms with Gasteiger partial charge in [-0.05, 0) is 50.0 Å². The molecule has 2 bridgehead atoms.